The summed E-state index contributed by atoms with van der Waals surface area (Å²) in [5.74, 6) is -0.944. The molecule has 0 unspecified atom stereocenters. The van der Waals surface area contributed by atoms with Gasteiger partial charge in [0.05, 0.1) is 10.9 Å². The maximum atomic E-state index is 11.0. The Morgan fingerprint density at radius 2 is 2.00 bits per heavy atom. The van der Waals surface area contributed by atoms with Gasteiger partial charge in [0.1, 0.15) is 0 Å². The number of carboxylic acids is 1. The number of aliphatic carboxylic acids is 1. The van der Waals surface area contributed by atoms with E-state index in [0.717, 1.165) is 15.7 Å². The van der Waals surface area contributed by atoms with Crippen LogP contribution in [0.1, 0.15) is 12.8 Å². The summed E-state index contributed by atoms with van der Waals surface area (Å²) in [6.45, 7) is 1.41. The molecule has 1 saturated heterocycles. The van der Waals surface area contributed by atoms with Crippen LogP contribution in [0.15, 0.2) is 24.3 Å². The average molecular weight is 324 g/mol. The van der Waals surface area contributed by atoms with E-state index < -0.39 is 5.97 Å². The number of benzene rings is 1. The molecule has 1 N–H and O–H groups in total. The number of hydrogen-bond acceptors (Lipinski definition) is 5. The Labute approximate surface area is 131 Å². The first kappa shape index (κ1) is 14.3. The standard InChI is InChI=1S/C14H14ClN3O2S/c15-11-4-2-1-3-10(11)12-16-17-14(21-12)18-7-5-9(6-8-18)13(19)20/h1-4,9H,5-8H2,(H,19,20). The van der Waals surface area contributed by atoms with Crippen molar-refractivity contribution < 1.29 is 9.90 Å². The minimum absolute atomic E-state index is 0.239. The van der Waals surface area contributed by atoms with Gasteiger partial charge in [0.15, 0.2) is 5.01 Å². The number of rotatable bonds is 3. The first-order valence-electron chi connectivity index (χ1n) is 6.71. The second-order valence-corrected chi connectivity index (χ2v) is 6.33. The van der Waals surface area contributed by atoms with Crippen molar-refractivity contribution in [3.8, 4) is 10.6 Å². The summed E-state index contributed by atoms with van der Waals surface area (Å²) in [7, 11) is 0. The molecule has 0 aliphatic carbocycles. The van der Waals surface area contributed by atoms with E-state index in [1.807, 2.05) is 24.3 Å². The van der Waals surface area contributed by atoms with Crippen LogP contribution in [-0.2, 0) is 4.79 Å². The van der Waals surface area contributed by atoms with Gasteiger partial charge in [0.25, 0.3) is 0 Å². The molecule has 110 valence electrons. The second-order valence-electron chi connectivity index (χ2n) is 4.97. The monoisotopic (exact) mass is 323 g/mol. The summed E-state index contributed by atoms with van der Waals surface area (Å²) in [5, 5.41) is 19.7. The molecule has 1 aromatic carbocycles. The summed E-state index contributed by atoms with van der Waals surface area (Å²) < 4.78 is 0. The number of nitrogens with zero attached hydrogens (tertiary/aromatic N) is 3. The largest absolute Gasteiger partial charge is 0.481 e. The molecule has 1 aromatic heterocycles. The smallest absolute Gasteiger partial charge is 0.306 e. The van der Waals surface area contributed by atoms with E-state index in [1.54, 1.807) is 0 Å². The highest BCUT2D eigenvalue weighted by atomic mass is 35.5. The zero-order chi connectivity index (χ0) is 14.8. The SMILES string of the molecule is O=C(O)C1CCN(c2nnc(-c3ccccc3Cl)s2)CC1. The van der Waals surface area contributed by atoms with E-state index in [4.69, 9.17) is 16.7 Å². The molecule has 2 aromatic rings. The predicted molar refractivity (Wildman–Crippen MR) is 82.9 cm³/mol. The van der Waals surface area contributed by atoms with Crippen LogP contribution in [0.2, 0.25) is 5.02 Å². The van der Waals surface area contributed by atoms with Gasteiger partial charge < -0.3 is 10.0 Å². The normalized spacial score (nSPS) is 16.1. The third-order valence-corrected chi connectivity index (χ3v) is 4.98. The Kier molecular flexibility index (Phi) is 4.07. The molecule has 0 atom stereocenters. The topological polar surface area (TPSA) is 66.3 Å². The zero-order valence-electron chi connectivity index (χ0n) is 11.2. The summed E-state index contributed by atoms with van der Waals surface area (Å²) in [5.41, 5.74) is 0.878. The van der Waals surface area contributed by atoms with Crippen molar-refractivity contribution in [1.29, 1.82) is 0 Å². The van der Waals surface area contributed by atoms with Gasteiger partial charge in [-0.1, -0.05) is 41.1 Å². The second kappa shape index (κ2) is 5.99. The third kappa shape index (κ3) is 3.01. The van der Waals surface area contributed by atoms with E-state index in [2.05, 4.69) is 15.1 Å². The third-order valence-electron chi connectivity index (χ3n) is 3.63. The Balaban J connectivity index is 1.74. The quantitative estimate of drug-likeness (QED) is 0.939. The van der Waals surface area contributed by atoms with Crippen LogP contribution in [0.3, 0.4) is 0 Å². The van der Waals surface area contributed by atoms with Gasteiger partial charge >= 0.3 is 5.97 Å². The van der Waals surface area contributed by atoms with Gasteiger partial charge in [0.2, 0.25) is 5.13 Å². The van der Waals surface area contributed by atoms with Crippen LogP contribution in [0, 0.1) is 5.92 Å². The molecule has 1 aliphatic heterocycles. The molecule has 21 heavy (non-hydrogen) atoms. The fourth-order valence-electron chi connectivity index (χ4n) is 2.40. The Morgan fingerprint density at radius 3 is 2.67 bits per heavy atom. The summed E-state index contributed by atoms with van der Waals surface area (Å²) >= 11 is 7.66. The van der Waals surface area contributed by atoms with Crippen molar-refractivity contribution >= 4 is 34.0 Å². The molecular weight excluding hydrogens is 310 g/mol. The number of hydrogen-bond donors (Lipinski definition) is 1. The van der Waals surface area contributed by atoms with Crippen LogP contribution in [0.4, 0.5) is 5.13 Å². The molecule has 0 amide bonds. The number of carbonyl (C=O) groups is 1. The molecule has 1 aliphatic rings. The summed E-state index contributed by atoms with van der Waals surface area (Å²) in [6, 6.07) is 7.55. The van der Waals surface area contributed by atoms with Crippen LogP contribution in [-0.4, -0.2) is 34.4 Å². The first-order valence-corrected chi connectivity index (χ1v) is 7.91. The van der Waals surface area contributed by atoms with Crippen LogP contribution in [0.5, 0.6) is 0 Å². The van der Waals surface area contributed by atoms with E-state index >= 15 is 0 Å². The maximum Gasteiger partial charge on any atom is 0.306 e. The summed E-state index contributed by atoms with van der Waals surface area (Å²) in [6.07, 6.45) is 1.30. The van der Waals surface area contributed by atoms with Crippen LogP contribution < -0.4 is 4.90 Å². The predicted octanol–water partition coefficient (Wildman–Crippen LogP) is 3.16. The van der Waals surface area contributed by atoms with Gasteiger partial charge in [-0.2, -0.15) is 0 Å². The molecule has 0 saturated carbocycles. The van der Waals surface area contributed by atoms with Crippen molar-refractivity contribution in [3.05, 3.63) is 29.3 Å². The summed E-state index contributed by atoms with van der Waals surface area (Å²) in [4.78, 5) is 13.1. The Hall–Kier alpha value is -1.66. The highest BCUT2D eigenvalue weighted by Gasteiger charge is 2.26. The highest BCUT2D eigenvalue weighted by molar-refractivity contribution is 7.18. The van der Waals surface area contributed by atoms with E-state index in [9.17, 15) is 4.79 Å². The molecule has 1 fully saturated rings. The lowest BCUT2D eigenvalue weighted by atomic mass is 9.98. The lowest BCUT2D eigenvalue weighted by Crippen LogP contribution is -2.36. The lowest BCUT2D eigenvalue weighted by molar-refractivity contribution is -0.142. The molecule has 7 heteroatoms. The van der Waals surface area contributed by atoms with Gasteiger partial charge in [0, 0.05) is 18.7 Å². The number of halogens is 1. The fourth-order valence-corrected chi connectivity index (χ4v) is 3.62. The molecule has 5 nitrogen and oxygen atoms in total. The van der Waals surface area contributed by atoms with Gasteiger partial charge in [-0.15, -0.1) is 10.2 Å². The molecule has 2 heterocycles. The molecule has 0 spiro atoms. The lowest BCUT2D eigenvalue weighted by Gasteiger charge is -2.29. The Bertz CT molecular complexity index is 653. The zero-order valence-corrected chi connectivity index (χ0v) is 12.8. The molecule has 3 rings (SSSR count). The van der Waals surface area contributed by atoms with Crippen molar-refractivity contribution in [2.75, 3.05) is 18.0 Å². The van der Waals surface area contributed by atoms with E-state index in [0.29, 0.717) is 31.0 Å². The van der Waals surface area contributed by atoms with E-state index in [1.165, 1.54) is 11.3 Å². The maximum absolute atomic E-state index is 11.0. The number of piperidine rings is 1. The van der Waals surface area contributed by atoms with Gasteiger partial charge in [-0.3, -0.25) is 4.79 Å². The van der Waals surface area contributed by atoms with Crippen LogP contribution >= 0.6 is 22.9 Å². The highest BCUT2D eigenvalue weighted by Crippen LogP contribution is 2.34. The minimum Gasteiger partial charge on any atom is -0.481 e. The van der Waals surface area contributed by atoms with Gasteiger partial charge in [-0.25, -0.2) is 0 Å². The fraction of sp³-hybridized carbons (Fsp3) is 0.357. The number of carboxylic acid groups (broad SMARTS) is 1. The van der Waals surface area contributed by atoms with Crippen molar-refractivity contribution in [2.45, 2.75) is 12.8 Å². The first-order chi connectivity index (χ1) is 10.1. The van der Waals surface area contributed by atoms with E-state index in [-0.39, 0.29) is 5.92 Å². The van der Waals surface area contributed by atoms with Gasteiger partial charge in [-0.05, 0) is 18.9 Å². The minimum atomic E-state index is -0.705. The Morgan fingerprint density at radius 1 is 1.29 bits per heavy atom. The van der Waals surface area contributed by atoms with Crippen molar-refractivity contribution in [2.24, 2.45) is 5.92 Å². The average Bonchev–Trinajstić information content (AvgIpc) is 2.97. The number of anilines is 1. The molecular formula is C14H14ClN3O2S. The molecule has 0 radical (unpaired) electrons. The number of aromatic nitrogens is 2. The molecule has 0 bridgehead atoms. The van der Waals surface area contributed by atoms with Crippen molar-refractivity contribution in [1.82, 2.24) is 10.2 Å². The van der Waals surface area contributed by atoms with Crippen LogP contribution in [0.25, 0.3) is 10.6 Å². The van der Waals surface area contributed by atoms with Crippen molar-refractivity contribution in [3.63, 3.8) is 0 Å².